The van der Waals surface area contributed by atoms with Gasteiger partial charge in [0.1, 0.15) is 12.0 Å². The van der Waals surface area contributed by atoms with E-state index in [9.17, 15) is 4.79 Å². The van der Waals surface area contributed by atoms with Crippen LogP contribution in [0, 0.1) is 0 Å². The molecule has 0 heterocycles. The van der Waals surface area contributed by atoms with Crippen LogP contribution in [0.1, 0.15) is 10.4 Å². The number of thioether (sulfide) groups is 1. The number of rotatable bonds is 6. The lowest BCUT2D eigenvalue weighted by Crippen LogP contribution is -1.99. The normalized spacial score (nSPS) is 10.2. The van der Waals surface area contributed by atoms with Gasteiger partial charge in [-0.15, -0.1) is 11.8 Å². The van der Waals surface area contributed by atoms with Crippen molar-refractivity contribution in [3.8, 4) is 5.75 Å². The molecule has 0 amide bonds. The first-order valence-corrected chi connectivity index (χ1v) is 7.62. The zero-order chi connectivity index (χ0) is 13.5. The molecule has 0 aliphatic heterocycles. The summed E-state index contributed by atoms with van der Waals surface area (Å²) in [4.78, 5) is 11.8. The predicted molar refractivity (Wildman–Crippen MR) is 82.2 cm³/mol. The summed E-state index contributed by atoms with van der Waals surface area (Å²) in [6, 6.07) is 15.4. The van der Waals surface area contributed by atoms with Crippen LogP contribution in [0.3, 0.4) is 0 Å². The van der Waals surface area contributed by atoms with Crippen LogP contribution in [-0.2, 0) is 0 Å². The fourth-order valence-electron chi connectivity index (χ4n) is 1.55. The highest BCUT2D eigenvalue weighted by Crippen LogP contribution is 2.20. The minimum Gasteiger partial charge on any atom is -0.493 e. The maximum atomic E-state index is 10.7. The summed E-state index contributed by atoms with van der Waals surface area (Å²) in [6.07, 6.45) is 0.863. The highest BCUT2D eigenvalue weighted by atomic mass is 79.9. The monoisotopic (exact) mass is 336 g/mol. The van der Waals surface area contributed by atoms with Gasteiger partial charge in [0.05, 0.1) is 6.61 Å². The predicted octanol–water partition coefficient (Wildman–Crippen LogP) is 4.43. The van der Waals surface area contributed by atoms with Crippen LogP contribution in [0.2, 0.25) is 0 Å². The SMILES string of the molecule is O=Cc1cccc(SCCOc2cccc(Br)c2)c1. The second-order valence-corrected chi connectivity index (χ2v) is 5.93. The van der Waals surface area contributed by atoms with Crippen molar-refractivity contribution in [1.82, 2.24) is 0 Å². The van der Waals surface area contributed by atoms with Gasteiger partial charge in [0, 0.05) is 20.7 Å². The molecule has 2 aromatic rings. The molecule has 0 atom stereocenters. The fraction of sp³-hybridized carbons (Fsp3) is 0.133. The molecule has 0 aliphatic rings. The van der Waals surface area contributed by atoms with Crippen molar-refractivity contribution in [2.24, 2.45) is 0 Å². The van der Waals surface area contributed by atoms with Crippen molar-refractivity contribution >= 4 is 34.0 Å². The molecule has 0 saturated carbocycles. The van der Waals surface area contributed by atoms with Crippen molar-refractivity contribution in [2.75, 3.05) is 12.4 Å². The van der Waals surface area contributed by atoms with Crippen LogP contribution in [0.25, 0.3) is 0 Å². The highest BCUT2D eigenvalue weighted by molar-refractivity contribution is 9.10. The Labute approximate surface area is 125 Å². The van der Waals surface area contributed by atoms with E-state index in [0.717, 1.165) is 27.2 Å². The first kappa shape index (κ1) is 14.2. The third-order valence-electron chi connectivity index (χ3n) is 2.41. The van der Waals surface area contributed by atoms with Gasteiger partial charge >= 0.3 is 0 Å². The van der Waals surface area contributed by atoms with E-state index in [0.29, 0.717) is 12.2 Å². The van der Waals surface area contributed by atoms with Gasteiger partial charge in [-0.05, 0) is 30.3 Å². The van der Waals surface area contributed by atoms with Crippen LogP contribution in [-0.4, -0.2) is 18.6 Å². The molecule has 98 valence electrons. The van der Waals surface area contributed by atoms with E-state index < -0.39 is 0 Å². The van der Waals surface area contributed by atoms with Crippen LogP contribution in [0.15, 0.2) is 57.9 Å². The van der Waals surface area contributed by atoms with Crippen molar-refractivity contribution in [3.05, 3.63) is 58.6 Å². The largest absolute Gasteiger partial charge is 0.493 e. The van der Waals surface area contributed by atoms with E-state index in [4.69, 9.17) is 4.74 Å². The zero-order valence-electron chi connectivity index (χ0n) is 10.2. The molecule has 2 rings (SSSR count). The Bertz CT molecular complexity index is 557. The first-order valence-electron chi connectivity index (χ1n) is 5.84. The van der Waals surface area contributed by atoms with Crippen molar-refractivity contribution in [2.45, 2.75) is 4.90 Å². The number of halogens is 1. The molecule has 4 heteroatoms. The molecular weight excluding hydrogens is 324 g/mol. The Morgan fingerprint density at radius 1 is 1.16 bits per heavy atom. The number of aldehydes is 1. The van der Waals surface area contributed by atoms with Gasteiger partial charge in [-0.1, -0.05) is 34.1 Å². The summed E-state index contributed by atoms with van der Waals surface area (Å²) in [6.45, 7) is 0.631. The zero-order valence-corrected chi connectivity index (χ0v) is 12.6. The average Bonchev–Trinajstić information content (AvgIpc) is 2.44. The third-order valence-corrected chi connectivity index (χ3v) is 3.86. The summed E-state index contributed by atoms with van der Waals surface area (Å²) in [5, 5.41) is 0. The quantitative estimate of drug-likeness (QED) is 0.443. The van der Waals surface area contributed by atoms with Gasteiger partial charge in [-0.3, -0.25) is 4.79 Å². The second kappa shape index (κ2) is 7.36. The summed E-state index contributed by atoms with van der Waals surface area (Å²) < 4.78 is 6.66. The van der Waals surface area contributed by atoms with E-state index >= 15 is 0 Å². The van der Waals surface area contributed by atoms with E-state index in [1.807, 2.05) is 42.5 Å². The molecule has 0 aliphatic carbocycles. The van der Waals surface area contributed by atoms with E-state index in [1.54, 1.807) is 17.8 Å². The first-order chi connectivity index (χ1) is 9.28. The standard InChI is InChI=1S/C15H13BrO2S/c16-13-4-2-5-14(10-13)18-7-8-19-15-6-1-3-12(9-15)11-17/h1-6,9-11H,7-8H2. The van der Waals surface area contributed by atoms with Gasteiger partial charge in [0.15, 0.2) is 0 Å². The maximum absolute atomic E-state index is 10.7. The lowest BCUT2D eigenvalue weighted by atomic mass is 10.2. The highest BCUT2D eigenvalue weighted by Gasteiger charge is 1.98. The molecule has 0 fully saturated rings. The molecule has 0 unspecified atom stereocenters. The molecule has 2 aromatic carbocycles. The molecule has 0 N–H and O–H groups in total. The summed E-state index contributed by atoms with van der Waals surface area (Å²) in [7, 11) is 0. The van der Waals surface area contributed by atoms with Crippen molar-refractivity contribution in [1.29, 1.82) is 0 Å². The van der Waals surface area contributed by atoms with E-state index in [2.05, 4.69) is 15.9 Å². The van der Waals surface area contributed by atoms with Gasteiger partial charge in [-0.2, -0.15) is 0 Å². The molecule has 0 bridgehead atoms. The molecule has 0 radical (unpaired) electrons. The summed E-state index contributed by atoms with van der Waals surface area (Å²) >= 11 is 5.08. The van der Waals surface area contributed by atoms with Crippen LogP contribution < -0.4 is 4.74 Å². The molecule has 2 nitrogen and oxygen atoms in total. The Balaban J connectivity index is 1.79. The average molecular weight is 337 g/mol. The van der Waals surface area contributed by atoms with E-state index in [-0.39, 0.29) is 0 Å². The minimum absolute atomic E-state index is 0.631. The molecule has 0 spiro atoms. The maximum Gasteiger partial charge on any atom is 0.150 e. The van der Waals surface area contributed by atoms with Crippen LogP contribution in [0.4, 0.5) is 0 Å². The van der Waals surface area contributed by atoms with E-state index in [1.165, 1.54) is 0 Å². The van der Waals surface area contributed by atoms with Crippen LogP contribution >= 0.6 is 27.7 Å². The van der Waals surface area contributed by atoms with Gasteiger partial charge in [0.2, 0.25) is 0 Å². The molecule has 19 heavy (non-hydrogen) atoms. The van der Waals surface area contributed by atoms with Gasteiger partial charge < -0.3 is 4.74 Å². The lowest BCUT2D eigenvalue weighted by Gasteiger charge is -2.06. The minimum atomic E-state index is 0.631. The van der Waals surface area contributed by atoms with Gasteiger partial charge in [-0.25, -0.2) is 0 Å². The third kappa shape index (κ3) is 4.73. The number of ether oxygens (including phenoxy) is 1. The topological polar surface area (TPSA) is 26.3 Å². The number of carbonyl (C=O) groups excluding carboxylic acids is 1. The Morgan fingerprint density at radius 2 is 2.00 bits per heavy atom. The lowest BCUT2D eigenvalue weighted by molar-refractivity contribution is 0.112. The van der Waals surface area contributed by atoms with Gasteiger partial charge in [0.25, 0.3) is 0 Å². The smallest absolute Gasteiger partial charge is 0.150 e. The van der Waals surface area contributed by atoms with Crippen molar-refractivity contribution in [3.63, 3.8) is 0 Å². The van der Waals surface area contributed by atoms with Crippen LogP contribution in [0.5, 0.6) is 5.75 Å². The Morgan fingerprint density at radius 3 is 2.79 bits per heavy atom. The fourth-order valence-corrected chi connectivity index (χ4v) is 2.73. The summed E-state index contributed by atoms with van der Waals surface area (Å²) in [5.74, 6) is 1.70. The van der Waals surface area contributed by atoms with Crippen molar-refractivity contribution < 1.29 is 9.53 Å². The number of carbonyl (C=O) groups is 1. The number of hydrogen-bond acceptors (Lipinski definition) is 3. The summed E-state index contributed by atoms with van der Waals surface area (Å²) in [5.41, 5.74) is 0.706. The molecule has 0 aromatic heterocycles. The molecule has 0 saturated heterocycles. The second-order valence-electron chi connectivity index (χ2n) is 3.84. The molecular formula is C15H13BrO2S. The Kier molecular flexibility index (Phi) is 5.48. The number of benzene rings is 2. The number of hydrogen-bond donors (Lipinski definition) is 0. The Hall–Kier alpha value is -1.26.